The highest BCUT2D eigenvalue weighted by Crippen LogP contribution is 2.58. The van der Waals surface area contributed by atoms with Crippen molar-refractivity contribution in [3.63, 3.8) is 0 Å². The van der Waals surface area contributed by atoms with E-state index < -0.39 is 29.6 Å². The maximum atomic E-state index is 12.7. The summed E-state index contributed by atoms with van der Waals surface area (Å²) >= 11 is 12.4. The summed E-state index contributed by atoms with van der Waals surface area (Å²) in [5.41, 5.74) is 1.31. The molecule has 2 atom stereocenters. The maximum Gasteiger partial charge on any atom is 0.408 e. The van der Waals surface area contributed by atoms with Gasteiger partial charge in [-0.3, -0.25) is 0 Å². The van der Waals surface area contributed by atoms with Gasteiger partial charge in [0.05, 0.1) is 0 Å². The molecule has 7 heteroatoms. The van der Waals surface area contributed by atoms with Gasteiger partial charge >= 0.3 is 12.1 Å². The minimum Gasteiger partial charge on any atom is -0.480 e. The average molecular weight is 450 g/mol. The van der Waals surface area contributed by atoms with Crippen molar-refractivity contribution in [2.24, 2.45) is 5.92 Å². The Morgan fingerprint density at radius 2 is 1.73 bits per heavy atom. The normalized spacial score (nSPS) is 16.6. The van der Waals surface area contributed by atoms with E-state index in [0.29, 0.717) is 16.5 Å². The zero-order valence-corrected chi connectivity index (χ0v) is 18.4. The van der Waals surface area contributed by atoms with Gasteiger partial charge in [0.15, 0.2) is 0 Å². The lowest BCUT2D eigenvalue weighted by Crippen LogP contribution is -2.43. The van der Waals surface area contributed by atoms with Crippen molar-refractivity contribution >= 4 is 35.3 Å². The molecule has 0 bridgehead atoms. The highest BCUT2D eigenvalue weighted by molar-refractivity contribution is 6.30. The molecule has 2 aromatic carbocycles. The van der Waals surface area contributed by atoms with Crippen LogP contribution >= 0.6 is 23.2 Å². The summed E-state index contributed by atoms with van der Waals surface area (Å²) < 4.78 is 5.86. The third kappa shape index (κ3) is 5.27. The molecule has 30 heavy (non-hydrogen) atoms. The first-order valence-corrected chi connectivity index (χ1v) is 10.7. The summed E-state index contributed by atoms with van der Waals surface area (Å²) in [5.74, 6) is -0.979. The van der Waals surface area contributed by atoms with Gasteiger partial charge in [-0.25, -0.2) is 9.59 Å². The van der Waals surface area contributed by atoms with Gasteiger partial charge in [0.1, 0.15) is 12.1 Å². The lowest BCUT2D eigenvalue weighted by Gasteiger charge is -2.29. The molecule has 1 aliphatic rings. The lowest BCUT2D eigenvalue weighted by atomic mass is 9.86. The van der Waals surface area contributed by atoms with Gasteiger partial charge < -0.3 is 15.2 Å². The molecular formula is C23H25Cl2NO4. The number of benzene rings is 2. The van der Waals surface area contributed by atoms with Crippen LogP contribution in [0.5, 0.6) is 0 Å². The zero-order valence-electron chi connectivity index (χ0n) is 16.9. The molecule has 2 N–H and O–H groups in total. The van der Waals surface area contributed by atoms with Crippen LogP contribution in [0.2, 0.25) is 10.0 Å². The van der Waals surface area contributed by atoms with E-state index in [9.17, 15) is 14.7 Å². The van der Waals surface area contributed by atoms with Crippen LogP contribution in [0.15, 0.2) is 48.5 Å². The van der Waals surface area contributed by atoms with Crippen molar-refractivity contribution in [3.8, 4) is 0 Å². The Kier molecular flexibility index (Phi) is 6.94. The summed E-state index contributed by atoms with van der Waals surface area (Å²) in [4.78, 5) is 24.3. The number of amides is 1. The molecule has 1 amide bonds. The second-order valence-corrected chi connectivity index (χ2v) is 9.04. The summed E-state index contributed by atoms with van der Waals surface area (Å²) in [6, 6.07) is 13.7. The number of carbonyl (C=O) groups excluding carboxylic acids is 1. The highest BCUT2D eigenvalue weighted by atomic mass is 35.5. The van der Waals surface area contributed by atoms with E-state index in [4.69, 9.17) is 27.9 Å². The van der Waals surface area contributed by atoms with Gasteiger partial charge in [-0.05, 0) is 60.6 Å². The molecule has 0 aliphatic heterocycles. The Morgan fingerprint density at radius 3 is 2.27 bits per heavy atom. The lowest BCUT2D eigenvalue weighted by molar-refractivity contribution is -0.139. The Balaban J connectivity index is 1.89. The van der Waals surface area contributed by atoms with Gasteiger partial charge in [-0.15, -0.1) is 0 Å². The second-order valence-electron chi connectivity index (χ2n) is 8.17. The Morgan fingerprint density at radius 1 is 1.10 bits per heavy atom. The van der Waals surface area contributed by atoms with Crippen molar-refractivity contribution in [1.82, 2.24) is 5.32 Å². The summed E-state index contributed by atoms with van der Waals surface area (Å²) in [7, 11) is 0. The Bertz CT molecular complexity index is 927. The predicted molar refractivity (Wildman–Crippen MR) is 117 cm³/mol. The first kappa shape index (κ1) is 22.4. The third-order valence-electron chi connectivity index (χ3n) is 5.36. The molecule has 160 valence electrons. The standard InChI is InChI=1S/C23H25Cl2NO4/c1-14(2)11-19(21(27)28)26-22(29)30-20(15-5-3-7-17(24)12-15)23(9-10-23)16-6-4-8-18(25)13-16/h3-8,12-14,19-20H,9-11H2,1-2H3,(H,26,29)(H,27,28)/t19-,20?/m0/s1. The van der Waals surface area contributed by atoms with Crippen LogP contribution in [0.3, 0.4) is 0 Å². The molecule has 1 saturated carbocycles. The quantitative estimate of drug-likeness (QED) is 0.518. The van der Waals surface area contributed by atoms with Gasteiger partial charge in [-0.1, -0.05) is 61.3 Å². The van der Waals surface area contributed by atoms with Gasteiger partial charge in [0.25, 0.3) is 0 Å². The van der Waals surface area contributed by atoms with Crippen LogP contribution in [0.4, 0.5) is 4.79 Å². The topological polar surface area (TPSA) is 75.6 Å². The van der Waals surface area contributed by atoms with Gasteiger partial charge in [0, 0.05) is 15.5 Å². The largest absolute Gasteiger partial charge is 0.480 e. The van der Waals surface area contributed by atoms with Gasteiger partial charge in [0.2, 0.25) is 0 Å². The fraction of sp³-hybridized carbons (Fsp3) is 0.391. The average Bonchev–Trinajstić information content (AvgIpc) is 3.47. The van der Waals surface area contributed by atoms with Crippen LogP contribution in [0, 0.1) is 5.92 Å². The van der Waals surface area contributed by atoms with Crippen LogP contribution in [-0.2, 0) is 14.9 Å². The number of carboxylic acids is 1. The molecule has 0 aromatic heterocycles. The van der Waals surface area contributed by atoms with E-state index in [0.717, 1.165) is 24.0 Å². The smallest absolute Gasteiger partial charge is 0.408 e. The van der Waals surface area contributed by atoms with Crippen molar-refractivity contribution in [1.29, 1.82) is 0 Å². The monoisotopic (exact) mass is 449 g/mol. The highest BCUT2D eigenvalue weighted by Gasteiger charge is 2.53. The molecule has 1 fully saturated rings. The van der Waals surface area contributed by atoms with Crippen molar-refractivity contribution in [2.75, 3.05) is 0 Å². The van der Waals surface area contributed by atoms with Crippen LogP contribution in [-0.4, -0.2) is 23.2 Å². The fourth-order valence-electron chi connectivity index (χ4n) is 3.78. The number of aliphatic carboxylic acids is 1. The number of rotatable bonds is 8. The van der Waals surface area contributed by atoms with E-state index in [-0.39, 0.29) is 5.92 Å². The Labute approximate surface area is 186 Å². The number of hydrogen-bond donors (Lipinski definition) is 2. The SMILES string of the molecule is CC(C)C[C@H](NC(=O)OC(c1cccc(Cl)c1)C1(c2cccc(Cl)c2)CC1)C(=O)O. The third-order valence-corrected chi connectivity index (χ3v) is 5.83. The fourth-order valence-corrected chi connectivity index (χ4v) is 4.17. The first-order valence-electron chi connectivity index (χ1n) is 9.93. The van der Waals surface area contributed by atoms with Gasteiger partial charge in [-0.2, -0.15) is 0 Å². The minimum atomic E-state index is -1.09. The van der Waals surface area contributed by atoms with Crippen LogP contribution in [0.25, 0.3) is 0 Å². The summed E-state index contributed by atoms with van der Waals surface area (Å²) in [6.45, 7) is 3.80. The van der Waals surface area contributed by atoms with E-state index >= 15 is 0 Å². The van der Waals surface area contributed by atoms with Crippen molar-refractivity contribution < 1.29 is 19.4 Å². The summed E-state index contributed by atoms with van der Waals surface area (Å²) in [5, 5.41) is 13.1. The van der Waals surface area contributed by atoms with E-state index in [2.05, 4.69) is 5.32 Å². The number of nitrogens with one attached hydrogen (secondary N) is 1. The zero-order chi connectivity index (χ0) is 21.9. The molecule has 0 heterocycles. The van der Waals surface area contributed by atoms with Crippen LogP contribution < -0.4 is 5.32 Å². The molecule has 0 saturated heterocycles. The maximum absolute atomic E-state index is 12.7. The number of alkyl carbamates (subject to hydrolysis) is 1. The molecule has 1 unspecified atom stereocenters. The Hall–Kier alpha value is -2.24. The van der Waals surface area contributed by atoms with Crippen molar-refractivity contribution in [2.45, 2.75) is 50.7 Å². The second kappa shape index (κ2) is 9.27. The van der Waals surface area contributed by atoms with E-state index in [1.165, 1.54) is 0 Å². The molecule has 1 aliphatic carbocycles. The molecule has 3 rings (SSSR count). The summed E-state index contributed by atoms with van der Waals surface area (Å²) in [6.07, 6.45) is 0.550. The number of carboxylic acid groups (broad SMARTS) is 1. The first-order chi connectivity index (χ1) is 14.2. The van der Waals surface area contributed by atoms with Crippen LogP contribution in [0.1, 0.15) is 50.3 Å². The van der Waals surface area contributed by atoms with E-state index in [1.807, 2.05) is 38.1 Å². The number of halogens is 2. The molecule has 5 nitrogen and oxygen atoms in total. The van der Waals surface area contributed by atoms with E-state index in [1.54, 1.807) is 24.3 Å². The molecule has 0 spiro atoms. The molecule has 2 aromatic rings. The number of ether oxygens (including phenoxy) is 1. The number of hydrogen-bond acceptors (Lipinski definition) is 3. The minimum absolute atomic E-state index is 0.108. The molecule has 0 radical (unpaired) electrons. The van der Waals surface area contributed by atoms with Crippen molar-refractivity contribution in [3.05, 3.63) is 69.7 Å². The predicted octanol–water partition coefficient (Wildman–Crippen LogP) is 5.99. The molecular weight excluding hydrogens is 425 g/mol. The number of carbonyl (C=O) groups is 2.